The van der Waals surface area contributed by atoms with Crippen molar-refractivity contribution < 1.29 is 18.7 Å². The van der Waals surface area contributed by atoms with Crippen molar-refractivity contribution in [1.29, 1.82) is 0 Å². The van der Waals surface area contributed by atoms with Crippen LogP contribution in [0.3, 0.4) is 0 Å². The lowest BCUT2D eigenvalue weighted by atomic mass is 9.88. The summed E-state index contributed by atoms with van der Waals surface area (Å²) < 4.78 is 18.7. The van der Waals surface area contributed by atoms with Crippen molar-refractivity contribution in [3.63, 3.8) is 0 Å². The van der Waals surface area contributed by atoms with Crippen LogP contribution in [0.5, 0.6) is 0 Å². The van der Waals surface area contributed by atoms with Crippen LogP contribution in [0.2, 0.25) is 25.7 Å². The third-order valence-corrected chi connectivity index (χ3v) is 7.80. The van der Waals surface area contributed by atoms with E-state index in [0.29, 0.717) is 31.0 Å². The first-order valence-corrected chi connectivity index (χ1v) is 16.4. The molecule has 1 amide bonds. The fourth-order valence-corrected chi connectivity index (χ4v) is 5.11. The fourth-order valence-electron chi connectivity index (χ4n) is 4.36. The summed E-state index contributed by atoms with van der Waals surface area (Å²) in [4.78, 5) is 28.8. The van der Waals surface area contributed by atoms with Gasteiger partial charge in [0.15, 0.2) is 0 Å². The van der Waals surface area contributed by atoms with Crippen LogP contribution in [-0.2, 0) is 16.2 Å². The first-order chi connectivity index (χ1) is 17.4. The second-order valence-electron chi connectivity index (χ2n) is 11.7. The quantitative estimate of drug-likeness (QED) is 0.306. The van der Waals surface area contributed by atoms with Crippen molar-refractivity contribution in [2.45, 2.75) is 84.1 Å². The molecule has 3 aromatic rings. The Bertz CT molecular complexity index is 1340. The number of rotatable bonds is 8. The van der Waals surface area contributed by atoms with Gasteiger partial charge in [0.1, 0.15) is 18.0 Å². The van der Waals surface area contributed by atoms with Crippen LogP contribution in [0, 0.1) is 0 Å². The van der Waals surface area contributed by atoms with Crippen LogP contribution in [0.1, 0.15) is 45.6 Å². The topological polar surface area (TPSA) is 124 Å². The molecule has 200 valence electrons. The maximum absolute atomic E-state index is 12.4. The fraction of sp³-hybridized carbons (Fsp3) is 0.538. The average molecular weight is 528 g/mol. The van der Waals surface area contributed by atoms with Gasteiger partial charge in [-0.2, -0.15) is 0 Å². The van der Waals surface area contributed by atoms with E-state index >= 15 is 0 Å². The van der Waals surface area contributed by atoms with E-state index in [2.05, 4.69) is 46.2 Å². The minimum absolute atomic E-state index is 0.0585. The van der Waals surface area contributed by atoms with Gasteiger partial charge in [-0.05, 0) is 63.3 Å². The summed E-state index contributed by atoms with van der Waals surface area (Å²) in [6.45, 7) is 13.5. The van der Waals surface area contributed by atoms with E-state index in [1.54, 1.807) is 6.20 Å². The first-order valence-electron chi connectivity index (χ1n) is 12.7. The molecule has 3 aromatic heterocycles. The van der Waals surface area contributed by atoms with E-state index in [4.69, 9.17) is 13.9 Å². The van der Waals surface area contributed by atoms with Crippen molar-refractivity contribution in [2.24, 2.45) is 0 Å². The number of aromatic nitrogens is 4. The molecule has 2 N–H and O–H groups in total. The summed E-state index contributed by atoms with van der Waals surface area (Å²) in [6, 6.07) is 2.95. The minimum Gasteiger partial charge on any atom is -0.444 e. The van der Waals surface area contributed by atoms with Gasteiger partial charge in [-0.3, -0.25) is 0 Å². The molecule has 0 aromatic carbocycles. The number of ether oxygens (including phenoxy) is 2. The molecule has 1 aliphatic carbocycles. The zero-order valence-corrected chi connectivity index (χ0v) is 23.5. The van der Waals surface area contributed by atoms with Gasteiger partial charge in [-0.25, -0.2) is 19.7 Å². The number of H-pyrrole nitrogens is 1. The van der Waals surface area contributed by atoms with Gasteiger partial charge in [0.05, 0.1) is 5.56 Å². The molecule has 11 heteroatoms. The summed E-state index contributed by atoms with van der Waals surface area (Å²) in [5.74, 6) is -0.420. The van der Waals surface area contributed by atoms with Crippen LogP contribution in [-0.4, -0.2) is 52.2 Å². The third kappa shape index (κ3) is 6.98. The number of allylic oxidation sites excluding steroid dienone is 1. The van der Waals surface area contributed by atoms with Crippen molar-refractivity contribution in [2.75, 3.05) is 6.61 Å². The molecule has 0 radical (unpaired) electrons. The molecule has 1 atom stereocenters. The number of nitrogens with zero attached hydrogens (tertiary/aromatic N) is 3. The highest BCUT2D eigenvalue weighted by molar-refractivity contribution is 6.76. The van der Waals surface area contributed by atoms with Crippen molar-refractivity contribution >= 4 is 30.8 Å². The predicted molar refractivity (Wildman–Crippen MR) is 145 cm³/mol. The minimum atomic E-state index is -1.22. The Kier molecular flexibility index (Phi) is 7.74. The summed E-state index contributed by atoms with van der Waals surface area (Å²) in [6.07, 6.45) is 7.69. The Labute approximate surface area is 217 Å². The van der Waals surface area contributed by atoms with Crippen LogP contribution in [0.4, 0.5) is 4.79 Å². The van der Waals surface area contributed by atoms with Gasteiger partial charge >= 0.3 is 11.8 Å². The van der Waals surface area contributed by atoms with E-state index < -0.39 is 25.5 Å². The average Bonchev–Trinajstić information content (AvgIpc) is 3.38. The largest absolute Gasteiger partial charge is 0.444 e. The number of amides is 1. The molecule has 0 fully saturated rings. The maximum atomic E-state index is 12.4. The number of pyridine rings is 1. The van der Waals surface area contributed by atoms with E-state index in [1.807, 2.05) is 37.6 Å². The number of hydrogen-bond acceptors (Lipinski definition) is 7. The maximum Gasteiger partial charge on any atom is 0.434 e. The number of nitrogens with one attached hydrogen (secondary N) is 2. The third-order valence-electron chi connectivity index (χ3n) is 6.09. The smallest absolute Gasteiger partial charge is 0.434 e. The lowest BCUT2D eigenvalue weighted by Crippen LogP contribution is -2.39. The highest BCUT2D eigenvalue weighted by Gasteiger charge is 2.26. The summed E-state index contributed by atoms with van der Waals surface area (Å²) >= 11 is 0. The van der Waals surface area contributed by atoms with Gasteiger partial charge in [0, 0.05) is 38.5 Å². The lowest BCUT2D eigenvalue weighted by molar-refractivity contribution is 0.0502. The molecule has 0 spiro atoms. The number of alkyl carbamates (subject to hydrolysis) is 1. The van der Waals surface area contributed by atoms with E-state index in [0.717, 1.165) is 35.4 Å². The van der Waals surface area contributed by atoms with Crippen LogP contribution in [0.25, 0.3) is 28.1 Å². The second-order valence-corrected chi connectivity index (χ2v) is 17.3. The molecule has 0 saturated heterocycles. The zero-order chi connectivity index (χ0) is 26.8. The van der Waals surface area contributed by atoms with Gasteiger partial charge in [-0.1, -0.05) is 25.7 Å². The molecule has 1 unspecified atom stereocenters. The first kappa shape index (κ1) is 26.9. The van der Waals surface area contributed by atoms with Gasteiger partial charge in [0.2, 0.25) is 0 Å². The molecule has 0 bridgehead atoms. The van der Waals surface area contributed by atoms with Crippen LogP contribution >= 0.6 is 0 Å². The van der Waals surface area contributed by atoms with Gasteiger partial charge < -0.3 is 23.8 Å². The van der Waals surface area contributed by atoms with Crippen LogP contribution in [0.15, 0.2) is 33.7 Å². The molecule has 1 aliphatic rings. The Hall–Kier alpha value is -3.18. The summed E-state index contributed by atoms with van der Waals surface area (Å²) in [7, 11) is -1.22. The van der Waals surface area contributed by atoms with E-state index in [-0.39, 0.29) is 11.9 Å². The Morgan fingerprint density at radius 2 is 2.08 bits per heavy atom. The number of fused-ring (bicyclic) bond motifs is 1. The standard InChI is InChI=1S/C26H37N5O5Si/c1-26(2,3)36-24(32)28-18-9-7-8-17(14-18)19-10-11-27-22-21(19)20(23-29-30-25(33)35-23)15-31(22)16-34-12-13-37(4,5)6/h8,10-11,15,18H,7,9,12-14,16H2,1-6H3,(H,28,32)(H,30,33). The summed E-state index contributed by atoms with van der Waals surface area (Å²) in [5.41, 5.74) is 2.86. The molecule has 3 heterocycles. The van der Waals surface area contributed by atoms with Crippen molar-refractivity contribution in [3.8, 4) is 11.5 Å². The summed E-state index contributed by atoms with van der Waals surface area (Å²) in [5, 5.41) is 10.3. The highest BCUT2D eigenvalue weighted by atomic mass is 28.3. The molecule has 4 rings (SSSR count). The molecule has 10 nitrogen and oxygen atoms in total. The molecule has 0 saturated carbocycles. The second kappa shape index (κ2) is 10.7. The molecule has 0 aliphatic heterocycles. The number of aromatic amines is 1. The monoisotopic (exact) mass is 527 g/mol. The zero-order valence-electron chi connectivity index (χ0n) is 22.5. The predicted octanol–water partition coefficient (Wildman–Crippen LogP) is 5.15. The highest BCUT2D eigenvalue weighted by Crippen LogP contribution is 2.37. The van der Waals surface area contributed by atoms with E-state index in [1.165, 1.54) is 0 Å². The van der Waals surface area contributed by atoms with Gasteiger partial charge in [0.25, 0.3) is 5.89 Å². The van der Waals surface area contributed by atoms with Crippen LogP contribution < -0.4 is 11.1 Å². The molecular formula is C26H37N5O5Si. The lowest BCUT2D eigenvalue weighted by Gasteiger charge is -2.26. The number of carbonyl (C=O) groups excluding carboxylic acids is 1. The molecule has 37 heavy (non-hydrogen) atoms. The number of hydrogen-bond donors (Lipinski definition) is 2. The number of carbonyl (C=O) groups is 1. The Morgan fingerprint density at radius 3 is 2.76 bits per heavy atom. The van der Waals surface area contributed by atoms with Crippen molar-refractivity contribution in [1.82, 2.24) is 25.1 Å². The Balaban J connectivity index is 1.65. The van der Waals surface area contributed by atoms with Crippen molar-refractivity contribution in [3.05, 3.63) is 40.7 Å². The van der Waals surface area contributed by atoms with Gasteiger partial charge in [-0.15, -0.1) is 5.10 Å². The Morgan fingerprint density at radius 1 is 1.30 bits per heavy atom. The normalized spacial score (nSPS) is 16.6. The molecular weight excluding hydrogens is 490 g/mol. The van der Waals surface area contributed by atoms with E-state index in [9.17, 15) is 9.59 Å². The SMILES string of the molecule is CC(C)(C)OC(=O)NC1CCC=C(c2ccnc3c2c(-c2n[nH]c(=O)o2)cn3COCC[Si](C)(C)C)C1.